The summed E-state index contributed by atoms with van der Waals surface area (Å²) >= 11 is 0. The average molecular weight is 668 g/mol. The molecule has 1 aliphatic carbocycles. The summed E-state index contributed by atoms with van der Waals surface area (Å²) in [5.41, 5.74) is 6.29. The molecule has 1 atom stereocenters. The number of Topliss-reactive ketones (excluding diaryl/α,β-unsaturated/α-hetero) is 2. The molecule has 3 aliphatic rings. The van der Waals surface area contributed by atoms with Crippen LogP contribution in [0.5, 0.6) is 11.5 Å². The lowest BCUT2D eigenvalue weighted by Crippen LogP contribution is -2.44. The van der Waals surface area contributed by atoms with E-state index in [1.165, 1.54) is 0 Å². The minimum Gasteiger partial charge on any atom is -0.496 e. The number of methoxy groups -OCH3 is 2. The van der Waals surface area contributed by atoms with Gasteiger partial charge in [-0.05, 0) is 55.5 Å². The van der Waals surface area contributed by atoms with Gasteiger partial charge in [0.05, 0.1) is 33.2 Å². The summed E-state index contributed by atoms with van der Waals surface area (Å²) in [4.78, 5) is 68.4. The van der Waals surface area contributed by atoms with E-state index in [-0.39, 0.29) is 35.4 Å². The zero-order valence-corrected chi connectivity index (χ0v) is 28.1. The van der Waals surface area contributed by atoms with Gasteiger partial charge in [0, 0.05) is 91.0 Å². The van der Waals surface area contributed by atoms with Gasteiger partial charge < -0.3 is 29.6 Å². The highest BCUT2D eigenvalue weighted by Gasteiger charge is 2.39. The lowest BCUT2D eigenvalue weighted by Gasteiger charge is -2.29. The number of hydrogen-bond donors (Lipinski definition) is 2. The highest BCUT2D eigenvalue weighted by atomic mass is 16.5. The molecule has 1 fully saturated rings. The molecular formula is C37H41N5O7. The van der Waals surface area contributed by atoms with Crippen LogP contribution in [0.25, 0.3) is 11.1 Å². The molecule has 1 aromatic heterocycles. The molecule has 2 aromatic carbocycles. The van der Waals surface area contributed by atoms with Crippen LogP contribution in [0.15, 0.2) is 46.3 Å². The van der Waals surface area contributed by atoms with Gasteiger partial charge in [-0.2, -0.15) is 0 Å². The SMILES string of the molecule is COc1cc(-c2cn(C)c(=O)c3c2C=NC3)cc(OC)c1CCCC(=O)NCCCNc1cccc2c1CN(C1CCC(=O)CC1=O)C2=O. The third kappa shape index (κ3) is 6.85. The number of aryl methyl sites for hydroxylation is 1. The van der Waals surface area contributed by atoms with Gasteiger partial charge in [0.25, 0.3) is 11.5 Å². The molecule has 1 saturated carbocycles. The molecule has 3 heterocycles. The largest absolute Gasteiger partial charge is 0.496 e. The van der Waals surface area contributed by atoms with E-state index in [0.717, 1.165) is 33.5 Å². The predicted octanol–water partition coefficient (Wildman–Crippen LogP) is 3.59. The van der Waals surface area contributed by atoms with Crippen molar-refractivity contribution in [1.29, 1.82) is 0 Å². The number of ether oxygens (including phenoxy) is 2. The maximum atomic E-state index is 13.1. The summed E-state index contributed by atoms with van der Waals surface area (Å²) in [6.45, 7) is 1.78. The standard InChI is InChI=1S/C37H41N5O7/c1-41-20-28(26-18-38-19-27(26)36(41)46)22-15-33(48-2)25(34(16-22)49-3)8-5-10-35(45)40-14-6-13-39-30-9-4-7-24-29(30)21-42(37(24)47)31-12-11-23(43)17-32(31)44/h4,7,9,15-16,18,20,31,39H,5-6,8,10-14,17,19,21H2,1-3H3,(H,40,45). The molecule has 2 N–H and O–H groups in total. The second kappa shape index (κ2) is 14.5. The molecule has 1 unspecified atom stereocenters. The van der Waals surface area contributed by atoms with E-state index < -0.39 is 6.04 Å². The first-order chi connectivity index (χ1) is 23.7. The first kappa shape index (κ1) is 33.6. The molecular weight excluding hydrogens is 626 g/mol. The number of nitrogens with one attached hydrogen (secondary N) is 2. The lowest BCUT2D eigenvalue weighted by atomic mass is 9.92. The first-order valence-electron chi connectivity index (χ1n) is 16.7. The van der Waals surface area contributed by atoms with Crippen molar-refractivity contribution in [3.05, 3.63) is 74.7 Å². The van der Waals surface area contributed by atoms with Gasteiger partial charge in [0.15, 0.2) is 5.78 Å². The minimum absolute atomic E-state index is 0.0490. The number of fused-ring (bicyclic) bond motifs is 2. The fourth-order valence-corrected chi connectivity index (χ4v) is 6.97. The van der Waals surface area contributed by atoms with E-state index in [0.29, 0.717) is 87.3 Å². The van der Waals surface area contributed by atoms with Crippen molar-refractivity contribution < 1.29 is 28.7 Å². The molecule has 12 heteroatoms. The molecule has 256 valence electrons. The van der Waals surface area contributed by atoms with Crippen LogP contribution in [0.4, 0.5) is 5.69 Å². The van der Waals surface area contributed by atoms with Gasteiger partial charge in [0.1, 0.15) is 17.3 Å². The fraction of sp³-hybridized carbons (Fsp3) is 0.405. The summed E-state index contributed by atoms with van der Waals surface area (Å²) in [5.74, 6) is 0.825. The van der Waals surface area contributed by atoms with Crippen molar-refractivity contribution in [2.75, 3.05) is 32.6 Å². The van der Waals surface area contributed by atoms with Crippen LogP contribution < -0.4 is 25.7 Å². The number of ketones is 2. The van der Waals surface area contributed by atoms with Gasteiger partial charge in [-0.1, -0.05) is 6.07 Å². The number of aliphatic imine (C=N–C) groups is 1. The van der Waals surface area contributed by atoms with Crippen molar-refractivity contribution in [2.45, 2.75) is 64.1 Å². The maximum Gasteiger partial charge on any atom is 0.256 e. The summed E-state index contributed by atoms with van der Waals surface area (Å²) < 4.78 is 13.1. The van der Waals surface area contributed by atoms with Gasteiger partial charge in [-0.15, -0.1) is 0 Å². The number of hydrogen-bond acceptors (Lipinski definition) is 9. The lowest BCUT2D eigenvalue weighted by molar-refractivity contribution is -0.133. The highest BCUT2D eigenvalue weighted by molar-refractivity contribution is 6.08. The van der Waals surface area contributed by atoms with Crippen molar-refractivity contribution in [1.82, 2.24) is 14.8 Å². The number of amides is 2. The number of carbonyl (C=O) groups excluding carboxylic acids is 4. The molecule has 0 spiro atoms. The normalized spacial score (nSPS) is 16.5. The maximum absolute atomic E-state index is 13.1. The summed E-state index contributed by atoms with van der Waals surface area (Å²) in [6, 6.07) is 8.83. The third-order valence-electron chi connectivity index (χ3n) is 9.54. The Morgan fingerprint density at radius 2 is 1.78 bits per heavy atom. The number of benzene rings is 2. The van der Waals surface area contributed by atoms with Crippen molar-refractivity contribution in [2.24, 2.45) is 12.0 Å². The van der Waals surface area contributed by atoms with Crippen molar-refractivity contribution in [3.8, 4) is 22.6 Å². The van der Waals surface area contributed by atoms with E-state index in [9.17, 15) is 24.0 Å². The summed E-state index contributed by atoms with van der Waals surface area (Å²) in [7, 11) is 4.94. The van der Waals surface area contributed by atoms with Crippen molar-refractivity contribution >= 4 is 35.3 Å². The zero-order chi connectivity index (χ0) is 34.7. The summed E-state index contributed by atoms with van der Waals surface area (Å²) in [5, 5.41) is 6.37. The molecule has 2 aliphatic heterocycles. The third-order valence-corrected chi connectivity index (χ3v) is 9.54. The van der Waals surface area contributed by atoms with E-state index in [1.54, 1.807) is 49.2 Å². The monoisotopic (exact) mass is 667 g/mol. The second-order valence-electron chi connectivity index (χ2n) is 12.7. The zero-order valence-electron chi connectivity index (χ0n) is 28.1. The topological polar surface area (TPSA) is 148 Å². The predicted molar refractivity (Wildman–Crippen MR) is 185 cm³/mol. The Kier molecular flexibility index (Phi) is 9.93. The molecule has 0 bridgehead atoms. The Balaban J connectivity index is 0.988. The second-order valence-corrected chi connectivity index (χ2v) is 12.7. The average Bonchev–Trinajstić information content (AvgIpc) is 3.72. The van der Waals surface area contributed by atoms with Crippen LogP contribution in [0, 0.1) is 0 Å². The van der Waals surface area contributed by atoms with Crippen molar-refractivity contribution in [3.63, 3.8) is 0 Å². The van der Waals surface area contributed by atoms with E-state index in [2.05, 4.69) is 15.6 Å². The van der Waals surface area contributed by atoms with Crippen LogP contribution in [0.2, 0.25) is 0 Å². The van der Waals surface area contributed by atoms with E-state index in [1.807, 2.05) is 24.3 Å². The van der Waals surface area contributed by atoms with Crippen LogP contribution in [-0.2, 0) is 40.9 Å². The Morgan fingerprint density at radius 1 is 1.00 bits per heavy atom. The molecule has 2 amide bonds. The van der Waals surface area contributed by atoms with Gasteiger partial charge in [-0.3, -0.25) is 29.0 Å². The Bertz CT molecular complexity index is 1890. The summed E-state index contributed by atoms with van der Waals surface area (Å²) in [6.07, 6.45) is 6.32. The van der Waals surface area contributed by atoms with E-state index in [4.69, 9.17) is 9.47 Å². The number of carbonyl (C=O) groups is 4. The van der Waals surface area contributed by atoms with Gasteiger partial charge >= 0.3 is 0 Å². The fourth-order valence-electron chi connectivity index (χ4n) is 6.97. The van der Waals surface area contributed by atoms with E-state index >= 15 is 0 Å². The Morgan fingerprint density at radius 3 is 2.51 bits per heavy atom. The molecule has 49 heavy (non-hydrogen) atoms. The van der Waals surface area contributed by atoms with Crippen LogP contribution in [0.1, 0.15) is 71.1 Å². The first-order valence-corrected chi connectivity index (χ1v) is 16.7. The number of nitrogens with zero attached hydrogens (tertiary/aromatic N) is 3. The molecule has 6 rings (SSSR count). The molecule has 3 aromatic rings. The molecule has 0 saturated heterocycles. The smallest absolute Gasteiger partial charge is 0.256 e. The quantitative estimate of drug-likeness (QED) is 0.208. The number of anilines is 1. The number of rotatable bonds is 13. The number of aromatic nitrogens is 1. The van der Waals surface area contributed by atoms with Crippen LogP contribution in [-0.4, -0.2) is 72.4 Å². The number of pyridine rings is 1. The molecule has 0 radical (unpaired) electrons. The Hall–Kier alpha value is -5.26. The highest BCUT2D eigenvalue weighted by Crippen LogP contribution is 2.38. The molecule has 12 nitrogen and oxygen atoms in total. The van der Waals surface area contributed by atoms with Gasteiger partial charge in [0.2, 0.25) is 5.91 Å². The minimum atomic E-state index is -0.551. The van der Waals surface area contributed by atoms with Crippen LogP contribution in [0.3, 0.4) is 0 Å². The Labute approximate surface area is 284 Å². The van der Waals surface area contributed by atoms with Crippen LogP contribution >= 0.6 is 0 Å². The van der Waals surface area contributed by atoms with Gasteiger partial charge in [-0.25, -0.2) is 0 Å².